The fraction of sp³-hybridized carbons (Fsp3) is 0.467. The van der Waals surface area contributed by atoms with Gasteiger partial charge in [0.15, 0.2) is 0 Å². The molecule has 1 heterocycles. The molecule has 0 aromatic heterocycles. The molecular formula is C15H21ClN2. The molecule has 1 aromatic rings. The van der Waals surface area contributed by atoms with Crippen molar-refractivity contribution in [3.8, 4) is 0 Å². The molecule has 1 N–H and O–H groups in total. The highest BCUT2D eigenvalue weighted by Crippen LogP contribution is 2.29. The SMILES string of the molecule is C=C(C)C[C@@H](c1cccc(Cl)c1)N1CCNCC1. The molecule has 1 atom stereocenters. The van der Waals surface area contributed by atoms with Gasteiger partial charge < -0.3 is 5.32 Å². The van der Waals surface area contributed by atoms with Gasteiger partial charge in [0.1, 0.15) is 0 Å². The van der Waals surface area contributed by atoms with E-state index < -0.39 is 0 Å². The second-order valence-electron chi connectivity index (χ2n) is 5.02. The fourth-order valence-electron chi connectivity index (χ4n) is 2.50. The van der Waals surface area contributed by atoms with Crippen LogP contribution in [0.25, 0.3) is 0 Å². The summed E-state index contributed by atoms with van der Waals surface area (Å²) < 4.78 is 0. The van der Waals surface area contributed by atoms with E-state index in [9.17, 15) is 0 Å². The van der Waals surface area contributed by atoms with Gasteiger partial charge in [0.05, 0.1) is 0 Å². The van der Waals surface area contributed by atoms with Crippen LogP contribution in [0, 0.1) is 0 Å². The van der Waals surface area contributed by atoms with Crippen LogP contribution in [-0.4, -0.2) is 31.1 Å². The Labute approximate surface area is 115 Å². The van der Waals surface area contributed by atoms with Gasteiger partial charge in [0.25, 0.3) is 0 Å². The quantitative estimate of drug-likeness (QED) is 0.840. The van der Waals surface area contributed by atoms with Gasteiger partial charge in [0, 0.05) is 37.2 Å². The minimum absolute atomic E-state index is 0.406. The lowest BCUT2D eigenvalue weighted by Gasteiger charge is -2.35. The molecule has 1 aromatic carbocycles. The van der Waals surface area contributed by atoms with Gasteiger partial charge in [-0.1, -0.05) is 29.3 Å². The van der Waals surface area contributed by atoms with Gasteiger partial charge in [-0.3, -0.25) is 4.90 Å². The van der Waals surface area contributed by atoms with Gasteiger partial charge in [-0.2, -0.15) is 0 Å². The van der Waals surface area contributed by atoms with Gasteiger partial charge in [0.2, 0.25) is 0 Å². The van der Waals surface area contributed by atoms with Crippen LogP contribution in [0.1, 0.15) is 24.9 Å². The lowest BCUT2D eigenvalue weighted by molar-refractivity contribution is 0.172. The van der Waals surface area contributed by atoms with Gasteiger partial charge >= 0.3 is 0 Å². The third kappa shape index (κ3) is 3.58. The standard InChI is InChI=1S/C15H21ClN2/c1-12(2)10-15(18-8-6-17-7-9-18)13-4-3-5-14(16)11-13/h3-5,11,15,17H,1,6-10H2,2H3/t15-/m0/s1. The van der Waals surface area contributed by atoms with Crippen LogP contribution in [-0.2, 0) is 0 Å². The van der Waals surface area contributed by atoms with Crippen LogP contribution >= 0.6 is 11.6 Å². The summed E-state index contributed by atoms with van der Waals surface area (Å²) in [7, 11) is 0. The summed E-state index contributed by atoms with van der Waals surface area (Å²) in [6.07, 6.45) is 1.00. The molecule has 0 spiro atoms. The number of hydrogen-bond acceptors (Lipinski definition) is 2. The molecule has 0 amide bonds. The maximum Gasteiger partial charge on any atom is 0.0409 e. The molecule has 0 saturated carbocycles. The highest BCUT2D eigenvalue weighted by atomic mass is 35.5. The van der Waals surface area contributed by atoms with Crippen molar-refractivity contribution in [3.05, 3.63) is 47.0 Å². The molecule has 2 nitrogen and oxygen atoms in total. The first-order valence-corrected chi connectivity index (χ1v) is 6.89. The van der Waals surface area contributed by atoms with Crippen LogP contribution in [0.15, 0.2) is 36.4 Å². The summed E-state index contributed by atoms with van der Waals surface area (Å²) in [5.74, 6) is 0. The minimum atomic E-state index is 0.406. The molecule has 0 radical (unpaired) electrons. The molecule has 1 aliphatic rings. The van der Waals surface area contributed by atoms with E-state index in [1.165, 1.54) is 11.1 Å². The Balaban J connectivity index is 2.20. The van der Waals surface area contributed by atoms with E-state index in [1.807, 2.05) is 12.1 Å². The maximum absolute atomic E-state index is 6.11. The first kappa shape index (κ1) is 13.6. The molecule has 0 aliphatic carbocycles. The van der Waals surface area contributed by atoms with Crippen molar-refractivity contribution in [3.63, 3.8) is 0 Å². The monoisotopic (exact) mass is 264 g/mol. The topological polar surface area (TPSA) is 15.3 Å². The second kappa shape index (κ2) is 6.37. The molecule has 1 aliphatic heterocycles. The number of hydrogen-bond donors (Lipinski definition) is 1. The average Bonchev–Trinajstić information content (AvgIpc) is 2.37. The Morgan fingerprint density at radius 2 is 2.17 bits per heavy atom. The van der Waals surface area contributed by atoms with E-state index in [-0.39, 0.29) is 0 Å². The van der Waals surface area contributed by atoms with Crippen molar-refractivity contribution >= 4 is 11.6 Å². The number of nitrogens with zero attached hydrogens (tertiary/aromatic N) is 1. The zero-order valence-electron chi connectivity index (χ0n) is 11.0. The van der Waals surface area contributed by atoms with Crippen molar-refractivity contribution in [2.45, 2.75) is 19.4 Å². The zero-order chi connectivity index (χ0) is 13.0. The molecule has 18 heavy (non-hydrogen) atoms. The second-order valence-corrected chi connectivity index (χ2v) is 5.45. The van der Waals surface area contributed by atoms with Crippen LogP contribution in [0.3, 0.4) is 0 Å². The highest BCUT2D eigenvalue weighted by molar-refractivity contribution is 6.30. The van der Waals surface area contributed by atoms with E-state index in [2.05, 4.69) is 35.9 Å². The van der Waals surface area contributed by atoms with E-state index in [0.717, 1.165) is 37.6 Å². The highest BCUT2D eigenvalue weighted by Gasteiger charge is 2.22. The first-order chi connectivity index (χ1) is 8.66. The first-order valence-electron chi connectivity index (χ1n) is 6.51. The van der Waals surface area contributed by atoms with Crippen LogP contribution in [0.5, 0.6) is 0 Å². The van der Waals surface area contributed by atoms with Crippen molar-refractivity contribution in [1.29, 1.82) is 0 Å². The van der Waals surface area contributed by atoms with E-state index in [0.29, 0.717) is 6.04 Å². The largest absolute Gasteiger partial charge is 0.314 e. The molecule has 98 valence electrons. The normalized spacial score (nSPS) is 18.6. The van der Waals surface area contributed by atoms with Gasteiger partial charge in [-0.15, -0.1) is 6.58 Å². The predicted molar refractivity (Wildman–Crippen MR) is 78.1 cm³/mol. The molecule has 1 fully saturated rings. The smallest absolute Gasteiger partial charge is 0.0409 e. The average molecular weight is 265 g/mol. The van der Waals surface area contributed by atoms with Crippen molar-refractivity contribution < 1.29 is 0 Å². The van der Waals surface area contributed by atoms with Crippen LogP contribution in [0.2, 0.25) is 5.02 Å². The van der Waals surface area contributed by atoms with Crippen LogP contribution < -0.4 is 5.32 Å². The third-order valence-corrected chi connectivity index (χ3v) is 3.60. The molecular weight excluding hydrogens is 244 g/mol. The molecule has 0 bridgehead atoms. The summed E-state index contributed by atoms with van der Waals surface area (Å²) >= 11 is 6.11. The Morgan fingerprint density at radius 3 is 2.78 bits per heavy atom. The minimum Gasteiger partial charge on any atom is -0.314 e. The lowest BCUT2D eigenvalue weighted by Crippen LogP contribution is -2.45. The van der Waals surface area contributed by atoms with Gasteiger partial charge in [-0.05, 0) is 31.0 Å². The van der Waals surface area contributed by atoms with Crippen molar-refractivity contribution in [2.24, 2.45) is 0 Å². The summed E-state index contributed by atoms with van der Waals surface area (Å²) in [5, 5.41) is 4.21. The number of rotatable bonds is 4. The lowest BCUT2D eigenvalue weighted by atomic mass is 9.98. The third-order valence-electron chi connectivity index (χ3n) is 3.37. The summed E-state index contributed by atoms with van der Waals surface area (Å²) in [5.41, 5.74) is 2.52. The number of piperazine rings is 1. The number of halogens is 1. The summed E-state index contributed by atoms with van der Waals surface area (Å²) in [4.78, 5) is 2.52. The Hall–Kier alpha value is -0.830. The molecule has 2 rings (SSSR count). The molecule has 3 heteroatoms. The van der Waals surface area contributed by atoms with Crippen molar-refractivity contribution in [1.82, 2.24) is 10.2 Å². The summed E-state index contributed by atoms with van der Waals surface area (Å²) in [6, 6.07) is 8.62. The summed E-state index contributed by atoms with van der Waals surface area (Å²) in [6.45, 7) is 10.5. The fourth-order valence-corrected chi connectivity index (χ4v) is 2.69. The number of nitrogens with one attached hydrogen (secondary N) is 1. The maximum atomic E-state index is 6.11. The molecule has 1 saturated heterocycles. The van der Waals surface area contributed by atoms with E-state index in [4.69, 9.17) is 11.6 Å². The van der Waals surface area contributed by atoms with Crippen LogP contribution in [0.4, 0.5) is 0 Å². The van der Waals surface area contributed by atoms with E-state index in [1.54, 1.807) is 0 Å². The van der Waals surface area contributed by atoms with E-state index >= 15 is 0 Å². The van der Waals surface area contributed by atoms with Gasteiger partial charge in [-0.25, -0.2) is 0 Å². The Kier molecular flexibility index (Phi) is 4.81. The van der Waals surface area contributed by atoms with Crippen molar-refractivity contribution in [2.75, 3.05) is 26.2 Å². The Morgan fingerprint density at radius 1 is 1.44 bits per heavy atom. The number of benzene rings is 1. The Bertz CT molecular complexity index is 411. The zero-order valence-corrected chi connectivity index (χ0v) is 11.7. The predicted octanol–water partition coefficient (Wildman–Crippen LogP) is 3.25. The molecule has 0 unspecified atom stereocenters.